The Bertz CT molecular complexity index is 344. The Balaban J connectivity index is 3.21. The fourth-order valence-corrected chi connectivity index (χ4v) is 1.70. The molecule has 6 heteroatoms. The van der Waals surface area contributed by atoms with Gasteiger partial charge >= 0.3 is 6.18 Å². The number of alkyl halides is 3. The summed E-state index contributed by atoms with van der Waals surface area (Å²) in [5.41, 5.74) is -0.719. The molecule has 1 aromatic rings. The van der Waals surface area contributed by atoms with E-state index in [1.54, 1.807) is 6.92 Å². The molecule has 1 aromatic heterocycles. The van der Waals surface area contributed by atoms with E-state index in [0.717, 1.165) is 4.68 Å². The summed E-state index contributed by atoms with van der Waals surface area (Å²) < 4.78 is 39.0. The van der Waals surface area contributed by atoms with Crippen molar-refractivity contribution in [2.45, 2.75) is 33.0 Å². The minimum atomic E-state index is -4.38. The molecule has 0 saturated carbocycles. The maximum absolute atomic E-state index is 12.7. The van der Waals surface area contributed by atoms with Gasteiger partial charge in [0.1, 0.15) is 0 Å². The Morgan fingerprint density at radius 1 is 1.33 bits per heavy atom. The number of nitrogens with zero attached hydrogens (tertiary/aromatic N) is 2. The zero-order valence-corrected chi connectivity index (χ0v) is 10.2. The van der Waals surface area contributed by atoms with Gasteiger partial charge in [0, 0.05) is 0 Å². The van der Waals surface area contributed by atoms with Gasteiger partial charge in [0.05, 0.1) is 16.7 Å². The van der Waals surface area contributed by atoms with Crippen molar-refractivity contribution in [2.24, 2.45) is 5.92 Å². The van der Waals surface area contributed by atoms with Gasteiger partial charge in [0.15, 0.2) is 5.69 Å². The average Bonchev–Trinajstić information content (AvgIpc) is 2.44. The molecule has 0 aliphatic carbocycles. The Hall–Kier alpha value is -0.520. The first-order valence-corrected chi connectivity index (χ1v) is 5.34. The van der Waals surface area contributed by atoms with E-state index in [1.165, 1.54) is 6.20 Å². The molecule has 1 atom stereocenters. The SMILES string of the molecule is CC(C)C(C)n1ncc(Br)c1C(F)(F)F. The van der Waals surface area contributed by atoms with Gasteiger partial charge in [0.25, 0.3) is 0 Å². The maximum atomic E-state index is 12.7. The van der Waals surface area contributed by atoms with Crippen LogP contribution in [0, 0.1) is 5.92 Å². The van der Waals surface area contributed by atoms with E-state index in [9.17, 15) is 13.2 Å². The third-order valence-corrected chi connectivity index (χ3v) is 2.95. The van der Waals surface area contributed by atoms with Gasteiger partial charge in [-0.05, 0) is 28.8 Å². The third-order valence-electron chi connectivity index (χ3n) is 2.37. The summed E-state index contributed by atoms with van der Waals surface area (Å²) in [5.74, 6) is 0.0953. The van der Waals surface area contributed by atoms with E-state index in [1.807, 2.05) is 13.8 Å². The zero-order valence-electron chi connectivity index (χ0n) is 8.64. The Morgan fingerprint density at radius 2 is 1.87 bits per heavy atom. The first-order chi connectivity index (χ1) is 6.75. The van der Waals surface area contributed by atoms with Gasteiger partial charge in [-0.1, -0.05) is 13.8 Å². The molecule has 0 N–H and O–H groups in total. The lowest BCUT2D eigenvalue weighted by molar-refractivity contribution is -0.145. The number of aromatic nitrogens is 2. The van der Waals surface area contributed by atoms with Crippen LogP contribution >= 0.6 is 15.9 Å². The van der Waals surface area contributed by atoms with Gasteiger partial charge in [0.2, 0.25) is 0 Å². The number of halogens is 4. The van der Waals surface area contributed by atoms with Crippen LogP contribution in [0.2, 0.25) is 0 Å². The molecular weight excluding hydrogens is 273 g/mol. The molecule has 0 amide bonds. The molecule has 0 aliphatic heterocycles. The van der Waals surface area contributed by atoms with E-state index in [4.69, 9.17) is 0 Å². The highest BCUT2D eigenvalue weighted by molar-refractivity contribution is 9.10. The van der Waals surface area contributed by atoms with E-state index in [0.29, 0.717) is 0 Å². The van der Waals surface area contributed by atoms with Gasteiger partial charge in [-0.25, -0.2) is 0 Å². The predicted octanol–water partition coefficient (Wildman–Crippen LogP) is 3.88. The minimum absolute atomic E-state index is 0.0116. The van der Waals surface area contributed by atoms with Crippen molar-refractivity contribution in [2.75, 3.05) is 0 Å². The van der Waals surface area contributed by atoms with E-state index in [2.05, 4.69) is 21.0 Å². The quantitative estimate of drug-likeness (QED) is 0.806. The Labute approximate surface area is 94.6 Å². The van der Waals surface area contributed by atoms with Gasteiger partial charge in [-0.2, -0.15) is 18.3 Å². The molecule has 0 aromatic carbocycles. The van der Waals surface area contributed by atoms with Crippen LogP contribution in [0.25, 0.3) is 0 Å². The highest BCUT2D eigenvalue weighted by Gasteiger charge is 2.38. The van der Waals surface area contributed by atoms with E-state index in [-0.39, 0.29) is 16.4 Å². The second-order valence-electron chi connectivity index (χ2n) is 3.77. The number of rotatable bonds is 2. The first kappa shape index (κ1) is 12.5. The molecule has 0 aliphatic rings. The van der Waals surface area contributed by atoms with Crippen LogP contribution in [0.5, 0.6) is 0 Å². The van der Waals surface area contributed by atoms with Crippen LogP contribution in [0.1, 0.15) is 32.5 Å². The molecule has 0 radical (unpaired) electrons. The second-order valence-corrected chi connectivity index (χ2v) is 4.62. The summed E-state index contributed by atoms with van der Waals surface area (Å²) in [6.07, 6.45) is -3.19. The Morgan fingerprint density at radius 3 is 2.27 bits per heavy atom. The summed E-state index contributed by atoms with van der Waals surface area (Å²) in [7, 11) is 0. The molecular formula is C9H12BrF3N2. The average molecular weight is 285 g/mol. The second kappa shape index (κ2) is 4.15. The predicted molar refractivity (Wildman–Crippen MR) is 54.5 cm³/mol. The standard InChI is InChI=1S/C9H12BrF3N2/c1-5(2)6(3)15-8(9(11,12)13)7(10)4-14-15/h4-6H,1-3H3. The van der Waals surface area contributed by atoms with Crippen LogP contribution in [0.3, 0.4) is 0 Å². The largest absolute Gasteiger partial charge is 0.434 e. The molecule has 1 rings (SSSR count). The van der Waals surface area contributed by atoms with Crippen molar-refractivity contribution in [1.29, 1.82) is 0 Å². The molecule has 1 heterocycles. The molecule has 1 unspecified atom stereocenters. The highest BCUT2D eigenvalue weighted by atomic mass is 79.9. The summed E-state index contributed by atoms with van der Waals surface area (Å²) in [6, 6.07) is -0.284. The van der Waals surface area contributed by atoms with Crippen LogP contribution < -0.4 is 0 Å². The summed E-state index contributed by atoms with van der Waals surface area (Å²) in [6.45, 7) is 5.44. The van der Waals surface area contributed by atoms with Crippen molar-refractivity contribution in [1.82, 2.24) is 9.78 Å². The van der Waals surface area contributed by atoms with Crippen molar-refractivity contribution in [3.8, 4) is 0 Å². The van der Waals surface area contributed by atoms with E-state index >= 15 is 0 Å². The van der Waals surface area contributed by atoms with Crippen LogP contribution in [-0.2, 0) is 6.18 Å². The lowest BCUT2D eigenvalue weighted by atomic mass is 10.1. The number of hydrogen-bond donors (Lipinski definition) is 0. The fraction of sp³-hybridized carbons (Fsp3) is 0.667. The van der Waals surface area contributed by atoms with Crippen LogP contribution in [-0.4, -0.2) is 9.78 Å². The monoisotopic (exact) mass is 284 g/mol. The summed E-state index contributed by atoms with van der Waals surface area (Å²) in [5, 5.41) is 3.75. The maximum Gasteiger partial charge on any atom is 0.434 e. The van der Waals surface area contributed by atoms with Crippen molar-refractivity contribution >= 4 is 15.9 Å². The minimum Gasteiger partial charge on any atom is -0.256 e. The molecule has 0 bridgehead atoms. The Kier molecular flexibility index (Phi) is 3.48. The topological polar surface area (TPSA) is 17.8 Å². The van der Waals surface area contributed by atoms with Crippen LogP contribution in [0.4, 0.5) is 13.2 Å². The van der Waals surface area contributed by atoms with Crippen LogP contribution in [0.15, 0.2) is 10.7 Å². The summed E-state index contributed by atoms with van der Waals surface area (Å²) >= 11 is 2.87. The zero-order chi connectivity index (χ0) is 11.8. The van der Waals surface area contributed by atoms with Gasteiger partial charge < -0.3 is 0 Å². The molecule has 15 heavy (non-hydrogen) atoms. The van der Waals surface area contributed by atoms with Crippen molar-refractivity contribution in [3.05, 3.63) is 16.4 Å². The van der Waals surface area contributed by atoms with E-state index < -0.39 is 11.9 Å². The molecule has 86 valence electrons. The normalized spacial score (nSPS) is 14.7. The van der Waals surface area contributed by atoms with Crippen molar-refractivity contribution in [3.63, 3.8) is 0 Å². The van der Waals surface area contributed by atoms with Crippen molar-refractivity contribution < 1.29 is 13.2 Å². The van der Waals surface area contributed by atoms with Gasteiger partial charge in [-0.3, -0.25) is 4.68 Å². The third kappa shape index (κ3) is 2.53. The smallest absolute Gasteiger partial charge is 0.256 e. The summed E-state index contributed by atoms with van der Waals surface area (Å²) in [4.78, 5) is 0. The molecule has 0 fully saturated rings. The first-order valence-electron chi connectivity index (χ1n) is 4.55. The number of hydrogen-bond acceptors (Lipinski definition) is 1. The lowest BCUT2D eigenvalue weighted by Gasteiger charge is -2.20. The molecule has 0 saturated heterocycles. The highest BCUT2D eigenvalue weighted by Crippen LogP contribution is 2.36. The fourth-order valence-electron chi connectivity index (χ4n) is 1.20. The molecule has 2 nitrogen and oxygen atoms in total. The molecule has 0 spiro atoms. The lowest BCUT2D eigenvalue weighted by Crippen LogP contribution is -2.21. The van der Waals surface area contributed by atoms with Gasteiger partial charge in [-0.15, -0.1) is 0 Å².